The van der Waals surface area contributed by atoms with Crippen molar-refractivity contribution >= 4 is 5.97 Å². The minimum atomic E-state index is -0.569. The number of carbonyl (C=O) groups excluding carboxylic acids is 1. The van der Waals surface area contributed by atoms with Crippen molar-refractivity contribution in [3.63, 3.8) is 0 Å². The van der Waals surface area contributed by atoms with Crippen LogP contribution in [0, 0.1) is 36.5 Å². The predicted molar refractivity (Wildman–Crippen MR) is 162 cm³/mol. The molecule has 1 fully saturated rings. The average Bonchev–Trinajstić information content (AvgIpc) is 3.26. The highest BCUT2D eigenvalue weighted by Crippen LogP contribution is 2.38. The summed E-state index contributed by atoms with van der Waals surface area (Å²) in [4.78, 5) is 12.4. The van der Waals surface area contributed by atoms with Gasteiger partial charge in [0.15, 0.2) is 0 Å². The van der Waals surface area contributed by atoms with Crippen LogP contribution in [0.4, 0.5) is 0 Å². The van der Waals surface area contributed by atoms with E-state index < -0.39 is 18.3 Å². The van der Waals surface area contributed by atoms with Gasteiger partial charge in [-0.3, -0.25) is 4.79 Å². The molecule has 0 aliphatic heterocycles. The van der Waals surface area contributed by atoms with Crippen LogP contribution < -0.4 is 14.2 Å². The van der Waals surface area contributed by atoms with Crippen LogP contribution in [0.5, 0.6) is 17.2 Å². The van der Waals surface area contributed by atoms with Gasteiger partial charge in [0.1, 0.15) is 30.5 Å². The maximum atomic E-state index is 12.4. The molecule has 0 radical (unpaired) electrons. The minimum absolute atomic E-state index is 0.0547. The second kappa shape index (κ2) is 17.9. The summed E-state index contributed by atoms with van der Waals surface area (Å²) in [5.74, 6) is 5.36. The number of hydrogen-bond acceptors (Lipinski definition) is 7. The fourth-order valence-electron chi connectivity index (χ4n) is 5.35. The summed E-state index contributed by atoms with van der Waals surface area (Å²) in [6.07, 6.45) is 18.2. The zero-order chi connectivity index (χ0) is 30.2. The van der Waals surface area contributed by atoms with Crippen LogP contribution in [0.2, 0.25) is 0 Å². The average molecular weight is 575 g/mol. The fourth-order valence-corrected chi connectivity index (χ4v) is 5.35. The molecule has 0 unspecified atom stereocenters. The molecule has 2 aromatic rings. The number of allylic oxidation sites excluding steroid dienone is 2. The second-order valence-electron chi connectivity index (χ2n) is 10.7. The lowest BCUT2D eigenvalue weighted by atomic mass is 9.85. The molecule has 3 N–H and O–H groups in total. The normalized spacial score (nSPS) is 20.5. The number of unbranched alkanes of at least 4 members (excludes halogenated alkanes) is 1. The van der Waals surface area contributed by atoms with E-state index in [4.69, 9.17) is 27.1 Å². The maximum absolute atomic E-state index is 12.4. The molecule has 3 rings (SSSR count). The first kappa shape index (κ1) is 32.8. The number of hydrogen-bond donors (Lipinski definition) is 3. The highest BCUT2D eigenvalue weighted by Gasteiger charge is 2.40. The van der Waals surface area contributed by atoms with E-state index in [9.17, 15) is 20.1 Å². The van der Waals surface area contributed by atoms with Crippen molar-refractivity contribution in [1.29, 1.82) is 0 Å². The molecule has 0 spiro atoms. The van der Waals surface area contributed by atoms with Crippen LogP contribution >= 0.6 is 0 Å². The lowest BCUT2D eigenvalue weighted by Gasteiger charge is -2.23. The summed E-state index contributed by atoms with van der Waals surface area (Å²) >= 11 is 0. The molecule has 5 atom stereocenters. The Bertz CT molecular complexity index is 1170. The van der Waals surface area contributed by atoms with Gasteiger partial charge in [-0.2, -0.15) is 0 Å². The second-order valence-corrected chi connectivity index (χ2v) is 10.7. The molecule has 1 saturated carbocycles. The third-order valence-electron chi connectivity index (χ3n) is 7.52. The van der Waals surface area contributed by atoms with E-state index in [1.54, 1.807) is 18.2 Å². The molecular weight excluding hydrogens is 532 g/mol. The lowest BCUT2D eigenvalue weighted by Crippen LogP contribution is -2.23. The molecule has 0 bridgehead atoms. The first-order valence-corrected chi connectivity index (χ1v) is 14.6. The van der Waals surface area contributed by atoms with Gasteiger partial charge < -0.3 is 29.5 Å². The van der Waals surface area contributed by atoms with E-state index in [0.717, 1.165) is 6.42 Å². The number of benzene rings is 2. The maximum Gasteiger partial charge on any atom is 0.311 e. The molecule has 0 amide bonds. The van der Waals surface area contributed by atoms with Crippen molar-refractivity contribution < 1.29 is 34.3 Å². The number of aryl methyl sites for hydroxylation is 1. The highest BCUT2D eigenvalue weighted by atomic mass is 16.5. The molecule has 0 heterocycles. The fraction of sp³-hybridized carbons (Fsp3) is 0.457. The van der Waals surface area contributed by atoms with Gasteiger partial charge in [0.05, 0.1) is 18.3 Å². The number of esters is 1. The molecule has 1 aliphatic rings. The van der Waals surface area contributed by atoms with Gasteiger partial charge in [-0.15, -0.1) is 12.8 Å². The Morgan fingerprint density at radius 2 is 1.57 bits per heavy atom. The van der Waals surface area contributed by atoms with Crippen LogP contribution in [-0.2, 0) is 11.2 Å². The molecule has 1 aliphatic carbocycles. The van der Waals surface area contributed by atoms with Gasteiger partial charge in [-0.25, -0.2) is 0 Å². The summed E-state index contributed by atoms with van der Waals surface area (Å²) in [6, 6.07) is 14.8. The zero-order valence-corrected chi connectivity index (χ0v) is 24.1. The first-order valence-electron chi connectivity index (χ1n) is 14.6. The minimum Gasteiger partial charge on any atom is -0.481 e. The lowest BCUT2D eigenvalue weighted by molar-refractivity contribution is -0.134. The number of carbonyl (C=O) groups is 1. The number of aliphatic hydroxyl groups excluding tert-OH is 3. The highest BCUT2D eigenvalue weighted by molar-refractivity contribution is 5.72. The third-order valence-corrected chi connectivity index (χ3v) is 7.52. The monoisotopic (exact) mass is 574 g/mol. The Balaban J connectivity index is 1.40. The zero-order valence-electron chi connectivity index (χ0n) is 24.1. The number of ether oxygens (including phenoxy) is 3. The number of rotatable bonds is 17. The molecule has 0 aromatic heterocycles. The van der Waals surface area contributed by atoms with Crippen molar-refractivity contribution in [2.75, 3.05) is 13.2 Å². The van der Waals surface area contributed by atoms with Crippen molar-refractivity contribution in [2.45, 2.75) is 76.1 Å². The Labute approximate surface area is 249 Å². The quantitative estimate of drug-likeness (QED) is 0.0815. The van der Waals surface area contributed by atoms with Gasteiger partial charge in [-0.05, 0) is 68.8 Å². The number of terminal acetylenes is 2. The summed E-state index contributed by atoms with van der Waals surface area (Å²) in [5, 5.41) is 31.6. The topological polar surface area (TPSA) is 105 Å². The van der Waals surface area contributed by atoms with E-state index in [-0.39, 0.29) is 43.2 Å². The summed E-state index contributed by atoms with van der Waals surface area (Å²) in [7, 11) is 0. The van der Waals surface area contributed by atoms with Crippen molar-refractivity contribution in [3.8, 4) is 41.9 Å². The Morgan fingerprint density at radius 3 is 2.24 bits per heavy atom. The molecule has 7 nitrogen and oxygen atoms in total. The third kappa shape index (κ3) is 11.3. The number of aliphatic hydroxyl groups is 3. The first-order chi connectivity index (χ1) is 20.4. The van der Waals surface area contributed by atoms with Crippen LogP contribution in [0.15, 0.2) is 60.7 Å². The predicted octanol–water partition coefficient (Wildman–Crippen LogP) is 4.86. The van der Waals surface area contributed by atoms with E-state index in [2.05, 4.69) is 24.0 Å². The largest absolute Gasteiger partial charge is 0.481 e. The Morgan fingerprint density at radius 1 is 0.929 bits per heavy atom. The van der Waals surface area contributed by atoms with E-state index >= 15 is 0 Å². The van der Waals surface area contributed by atoms with Gasteiger partial charge >= 0.3 is 5.97 Å². The summed E-state index contributed by atoms with van der Waals surface area (Å²) in [6.45, 7) is 0.124. The molecule has 224 valence electrons. The van der Waals surface area contributed by atoms with Crippen LogP contribution in [0.25, 0.3) is 0 Å². The van der Waals surface area contributed by atoms with Crippen molar-refractivity contribution in [1.82, 2.24) is 0 Å². The SMILES string of the molecule is C#CCOc1cc(OCC#C)cc(OC(=O)CCC/C=C\C[C@@H]2[C@@H](CC[C@@H](O)CCc3ccccc3)[C@H](O)C[C@@H]2O)c1. The van der Waals surface area contributed by atoms with Crippen LogP contribution in [0.1, 0.15) is 56.9 Å². The molecule has 0 saturated heterocycles. The Hall–Kier alpha value is -3.75. The molecule has 2 aromatic carbocycles. The summed E-state index contributed by atoms with van der Waals surface area (Å²) < 4.78 is 16.3. The van der Waals surface area contributed by atoms with Crippen molar-refractivity contribution in [2.24, 2.45) is 11.8 Å². The van der Waals surface area contributed by atoms with E-state index in [0.29, 0.717) is 56.4 Å². The molecule has 7 heteroatoms. The molecule has 42 heavy (non-hydrogen) atoms. The van der Waals surface area contributed by atoms with E-state index in [1.165, 1.54) is 5.56 Å². The standard InChI is InChI=1S/C35H42O7/c1-3-20-40-28-22-29(41-21-4-2)24-30(23-28)42-35(39)15-11-6-5-10-14-31-32(34(38)25-33(31)37)19-18-27(36)17-16-26-12-8-7-9-13-26/h1-2,5,7-10,12-13,22-24,27,31-34,36-38H,6,11,14-21,25H2/b10-5-/t27-,31+,32+,33-,34+/m0/s1. The smallest absolute Gasteiger partial charge is 0.311 e. The van der Waals surface area contributed by atoms with Gasteiger partial charge in [0, 0.05) is 24.6 Å². The summed E-state index contributed by atoms with van der Waals surface area (Å²) in [5.41, 5.74) is 1.20. The van der Waals surface area contributed by atoms with Crippen LogP contribution in [-0.4, -0.2) is 52.8 Å². The van der Waals surface area contributed by atoms with Gasteiger partial charge in [0.2, 0.25) is 0 Å². The van der Waals surface area contributed by atoms with Crippen LogP contribution in [0.3, 0.4) is 0 Å². The Kier molecular flexibility index (Phi) is 14.0. The molecular formula is C35H42O7. The van der Waals surface area contributed by atoms with Gasteiger partial charge in [0.25, 0.3) is 0 Å². The van der Waals surface area contributed by atoms with Crippen molar-refractivity contribution in [3.05, 3.63) is 66.2 Å². The van der Waals surface area contributed by atoms with E-state index in [1.807, 2.05) is 30.4 Å². The van der Waals surface area contributed by atoms with Gasteiger partial charge in [-0.1, -0.05) is 54.3 Å².